The molecule has 1 saturated carbocycles. The molecule has 0 spiro atoms. The fourth-order valence-electron chi connectivity index (χ4n) is 1.48. The maximum Gasteiger partial charge on any atom is 0.321 e. The summed E-state index contributed by atoms with van der Waals surface area (Å²) in [4.78, 5) is 32.7. The lowest BCUT2D eigenvalue weighted by Gasteiger charge is -2.08. The molecule has 1 aromatic carbocycles. The number of amides is 3. The molecule has 112 valence electrons. The molecule has 3 amide bonds. The van der Waals surface area contributed by atoms with Crippen LogP contribution in [0.25, 0.3) is 0 Å². The van der Waals surface area contributed by atoms with Crippen molar-refractivity contribution in [2.75, 3.05) is 6.61 Å². The number of urea groups is 1. The Hall–Kier alpha value is -2.35. The third-order valence-electron chi connectivity index (χ3n) is 2.65. The van der Waals surface area contributed by atoms with Gasteiger partial charge in [-0.3, -0.25) is 20.2 Å². The zero-order valence-electron chi connectivity index (χ0n) is 10.8. The van der Waals surface area contributed by atoms with E-state index in [0.29, 0.717) is 0 Å². The number of hydrogen-bond donors (Lipinski definition) is 2. The largest absolute Gasteiger partial charge is 0.482 e. The van der Waals surface area contributed by atoms with Gasteiger partial charge in [0.15, 0.2) is 6.61 Å². The SMILES string of the molecule is O=C(COc1ccc([N+](=O)[O-])cc1Cl)NC(=O)NC1CC1. The fourth-order valence-corrected chi connectivity index (χ4v) is 1.70. The molecule has 2 rings (SSSR count). The van der Waals surface area contributed by atoms with Crippen molar-refractivity contribution in [3.05, 3.63) is 33.3 Å². The van der Waals surface area contributed by atoms with Crippen LogP contribution in [0.1, 0.15) is 12.8 Å². The molecule has 21 heavy (non-hydrogen) atoms. The maximum atomic E-state index is 11.5. The number of ether oxygens (including phenoxy) is 1. The van der Waals surface area contributed by atoms with Gasteiger partial charge >= 0.3 is 6.03 Å². The highest BCUT2D eigenvalue weighted by atomic mass is 35.5. The van der Waals surface area contributed by atoms with Gasteiger partial charge in [-0.2, -0.15) is 0 Å². The molecule has 0 heterocycles. The summed E-state index contributed by atoms with van der Waals surface area (Å²) >= 11 is 5.80. The van der Waals surface area contributed by atoms with Crippen LogP contribution in [0.2, 0.25) is 5.02 Å². The Morgan fingerprint density at radius 1 is 1.43 bits per heavy atom. The summed E-state index contributed by atoms with van der Waals surface area (Å²) in [6.07, 6.45) is 1.83. The van der Waals surface area contributed by atoms with Crippen LogP contribution in [-0.2, 0) is 4.79 Å². The van der Waals surface area contributed by atoms with E-state index in [2.05, 4.69) is 10.6 Å². The van der Waals surface area contributed by atoms with Crippen LogP contribution < -0.4 is 15.4 Å². The van der Waals surface area contributed by atoms with Crippen LogP contribution in [0.3, 0.4) is 0 Å². The van der Waals surface area contributed by atoms with Gasteiger partial charge in [-0.05, 0) is 18.9 Å². The van der Waals surface area contributed by atoms with E-state index >= 15 is 0 Å². The summed E-state index contributed by atoms with van der Waals surface area (Å²) in [5.74, 6) is -0.511. The molecule has 1 aromatic rings. The van der Waals surface area contributed by atoms with Crippen molar-refractivity contribution >= 4 is 29.2 Å². The first-order valence-corrected chi connectivity index (χ1v) is 6.50. The first-order valence-electron chi connectivity index (χ1n) is 6.13. The fraction of sp³-hybridized carbons (Fsp3) is 0.333. The molecule has 0 saturated heterocycles. The number of imide groups is 1. The number of carbonyl (C=O) groups excluding carboxylic acids is 2. The average Bonchev–Trinajstić information content (AvgIpc) is 3.20. The molecule has 0 aromatic heterocycles. The van der Waals surface area contributed by atoms with Gasteiger partial charge in [0.25, 0.3) is 11.6 Å². The van der Waals surface area contributed by atoms with Gasteiger partial charge < -0.3 is 10.1 Å². The highest BCUT2D eigenvalue weighted by Gasteiger charge is 2.24. The van der Waals surface area contributed by atoms with Crippen molar-refractivity contribution in [3.63, 3.8) is 0 Å². The molecule has 0 radical (unpaired) electrons. The number of nitrogens with one attached hydrogen (secondary N) is 2. The third-order valence-corrected chi connectivity index (χ3v) is 2.95. The predicted octanol–water partition coefficient (Wildman–Crippen LogP) is 1.62. The number of nitro benzene ring substituents is 1. The monoisotopic (exact) mass is 313 g/mol. The summed E-state index contributed by atoms with van der Waals surface area (Å²) in [5.41, 5.74) is -0.180. The van der Waals surface area contributed by atoms with Gasteiger partial charge in [0, 0.05) is 18.2 Å². The van der Waals surface area contributed by atoms with Crippen LogP contribution in [0.5, 0.6) is 5.75 Å². The third kappa shape index (κ3) is 4.60. The van der Waals surface area contributed by atoms with Gasteiger partial charge in [-0.15, -0.1) is 0 Å². The van der Waals surface area contributed by atoms with E-state index in [0.717, 1.165) is 18.9 Å². The molecule has 9 heteroatoms. The smallest absolute Gasteiger partial charge is 0.321 e. The minimum Gasteiger partial charge on any atom is -0.482 e. The molecule has 1 aliphatic rings. The van der Waals surface area contributed by atoms with Crippen LogP contribution >= 0.6 is 11.6 Å². The molecule has 1 aliphatic carbocycles. The Kier molecular flexibility index (Phi) is 4.59. The maximum absolute atomic E-state index is 11.5. The van der Waals surface area contributed by atoms with Crippen molar-refractivity contribution in [1.82, 2.24) is 10.6 Å². The second-order valence-electron chi connectivity index (χ2n) is 4.46. The molecule has 2 N–H and O–H groups in total. The number of nitrogens with zero attached hydrogens (tertiary/aromatic N) is 1. The minimum atomic E-state index is -0.637. The minimum absolute atomic E-state index is 0.0134. The second kappa shape index (κ2) is 6.40. The second-order valence-corrected chi connectivity index (χ2v) is 4.86. The number of non-ortho nitro benzene ring substituents is 1. The standard InChI is InChI=1S/C12H12ClN3O5/c13-9-5-8(16(19)20)3-4-10(9)21-6-11(17)15-12(18)14-7-1-2-7/h3-5,7H,1-2,6H2,(H2,14,15,17,18). The molecule has 8 nitrogen and oxygen atoms in total. The van der Waals surface area contributed by atoms with E-state index in [9.17, 15) is 19.7 Å². The number of rotatable bonds is 5. The summed E-state index contributed by atoms with van der Waals surface area (Å²) < 4.78 is 5.11. The molecule has 0 atom stereocenters. The Labute approximate surface area is 124 Å². The molecule has 0 bridgehead atoms. The number of hydrogen-bond acceptors (Lipinski definition) is 5. The summed E-state index contributed by atoms with van der Waals surface area (Å²) in [6, 6.07) is 3.19. The van der Waals surface area contributed by atoms with E-state index in [1.165, 1.54) is 12.1 Å². The zero-order valence-corrected chi connectivity index (χ0v) is 11.6. The van der Waals surface area contributed by atoms with Gasteiger partial charge in [-0.25, -0.2) is 4.79 Å². The highest BCUT2D eigenvalue weighted by Crippen LogP contribution is 2.28. The number of halogens is 1. The number of nitro groups is 1. The quantitative estimate of drug-likeness (QED) is 0.634. The van der Waals surface area contributed by atoms with E-state index in [-0.39, 0.29) is 22.5 Å². The summed E-state index contributed by atoms with van der Waals surface area (Å²) in [5, 5.41) is 15.2. The van der Waals surface area contributed by atoms with Crippen LogP contribution in [0, 0.1) is 10.1 Å². The van der Waals surface area contributed by atoms with E-state index in [1.807, 2.05) is 0 Å². The number of carbonyl (C=O) groups is 2. The highest BCUT2D eigenvalue weighted by molar-refractivity contribution is 6.32. The molecular formula is C12H12ClN3O5. The van der Waals surface area contributed by atoms with Crippen LogP contribution in [0.15, 0.2) is 18.2 Å². The normalized spacial score (nSPS) is 13.4. The van der Waals surface area contributed by atoms with E-state index in [4.69, 9.17) is 16.3 Å². The van der Waals surface area contributed by atoms with Gasteiger partial charge in [0.2, 0.25) is 0 Å². The van der Waals surface area contributed by atoms with Gasteiger partial charge in [0.05, 0.1) is 9.95 Å². The lowest BCUT2D eigenvalue weighted by molar-refractivity contribution is -0.384. The Balaban J connectivity index is 1.82. The predicted molar refractivity (Wildman–Crippen MR) is 73.3 cm³/mol. The topological polar surface area (TPSA) is 111 Å². The average molecular weight is 314 g/mol. The van der Waals surface area contributed by atoms with Crippen molar-refractivity contribution in [2.45, 2.75) is 18.9 Å². The Bertz CT molecular complexity index is 588. The lowest BCUT2D eigenvalue weighted by atomic mass is 10.3. The molecule has 1 fully saturated rings. The van der Waals surface area contributed by atoms with Crippen molar-refractivity contribution in [2.24, 2.45) is 0 Å². The molecular weight excluding hydrogens is 302 g/mol. The van der Waals surface area contributed by atoms with Gasteiger partial charge in [0.1, 0.15) is 5.75 Å². The van der Waals surface area contributed by atoms with Gasteiger partial charge in [-0.1, -0.05) is 11.6 Å². The van der Waals surface area contributed by atoms with E-state index in [1.54, 1.807) is 0 Å². The Morgan fingerprint density at radius 2 is 2.14 bits per heavy atom. The Morgan fingerprint density at radius 3 is 2.71 bits per heavy atom. The summed E-state index contributed by atoms with van der Waals surface area (Å²) in [7, 11) is 0. The van der Waals surface area contributed by atoms with E-state index < -0.39 is 23.5 Å². The number of benzene rings is 1. The van der Waals surface area contributed by atoms with Crippen LogP contribution in [0.4, 0.5) is 10.5 Å². The van der Waals surface area contributed by atoms with Crippen molar-refractivity contribution < 1.29 is 19.2 Å². The zero-order chi connectivity index (χ0) is 15.4. The first kappa shape index (κ1) is 15.0. The van der Waals surface area contributed by atoms with Crippen molar-refractivity contribution in [3.8, 4) is 5.75 Å². The van der Waals surface area contributed by atoms with Crippen LogP contribution in [-0.4, -0.2) is 29.5 Å². The first-order chi connectivity index (χ1) is 9.95. The summed E-state index contributed by atoms with van der Waals surface area (Å²) in [6.45, 7) is -0.421. The lowest BCUT2D eigenvalue weighted by Crippen LogP contribution is -2.42. The van der Waals surface area contributed by atoms with Crippen molar-refractivity contribution in [1.29, 1.82) is 0 Å². The molecule has 0 aliphatic heterocycles. The molecule has 0 unspecified atom stereocenters.